The summed E-state index contributed by atoms with van der Waals surface area (Å²) in [6.07, 6.45) is 4.40. The molecule has 28 heavy (non-hydrogen) atoms. The Kier molecular flexibility index (Phi) is 7.24. The number of carbonyl (C=O) groups excluding carboxylic acids is 1. The predicted octanol–water partition coefficient (Wildman–Crippen LogP) is 4.40. The number of halogens is 1. The lowest BCUT2D eigenvalue weighted by atomic mass is 9.86. The Labute approximate surface area is 175 Å². The average Bonchev–Trinajstić information content (AvgIpc) is 3.04. The van der Waals surface area contributed by atoms with Crippen LogP contribution in [0.5, 0.6) is 5.75 Å². The first kappa shape index (κ1) is 21.0. The largest absolute Gasteiger partial charge is 0.481 e. The number of amides is 1. The maximum Gasteiger partial charge on any atom is 0.230 e. The fourth-order valence-electron chi connectivity index (χ4n) is 3.50. The van der Waals surface area contributed by atoms with Gasteiger partial charge in [-0.3, -0.25) is 4.79 Å². The summed E-state index contributed by atoms with van der Waals surface area (Å²) in [7, 11) is 1.88. The van der Waals surface area contributed by atoms with E-state index in [1.54, 1.807) is 6.07 Å². The van der Waals surface area contributed by atoms with E-state index < -0.39 is 0 Å². The van der Waals surface area contributed by atoms with Crippen LogP contribution in [0.1, 0.15) is 51.5 Å². The molecule has 1 aromatic heterocycles. The number of carbonyl (C=O) groups is 1. The van der Waals surface area contributed by atoms with Crippen LogP contribution in [0.2, 0.25) is 5.02 Å². The van der Waals surface area contributed by atoms with Crippen molar-refractivity contribution in [2.24, 2.45) is 13.0 Å². The lowest BCUT2D eigenvalue weighted by molar-refractivity contribution is -0.119. The van der Waals surface area contributed by atoms with E-state index in [0.717, 1.165) is 6.42 Å². The van der Waals surface area contributed by atoms with Crippen molar-refractivity contribution in [1.82, 2.24) is 20.1 Å². The summed E-state index contributed by atoms with van der Waals surface area (Å²) in [4.78, 5) is 12.3. The minimum Gasteiger partial charge on any atom is -0.481 e. The van der Waals surface area contributed by atoms with Crippen LogP contribution in [0.25, 0.3) is 0 Å². The number of nitrogens with one attached hydrogen (secondary N) is 1. The number of hydrogen-bond donors (Lipinski definition) is 1. The zero-order chi connectivity index (χ0) is 20.1. The molecule has 0 unspecified atom stereocenters. The molecule has 1 fully saturated rings. The second kappa shape index (κ2) is 9.65. The van der Waals surface area contributed by atoms with Crippen molar-refractivity contribution in [3.63, 3.8) is 0 Å². The van der Waals surface area contributed by atoms with Gasteiger partial charge in [-0.05, 0) is 37.8 Å². The topological polar surface area (TPSA) is 69.0 Å². The van der Waals surface area contributed by atoms with Crippen molar-refractivity contribution >= 4 is 29.3 Å². The van der Waals surface area contributed by atoms with Gasteiger partial charge in [-0.1, -0.05) is 55.3 Å². The standard InChI is InChI=1S/C20H27ClN4O2S/c1-13-8-4-6-10-16(13)22-18(26)12-28-20-24-23-19(25(20)3)14(2)27-17-11-7-5-9-15(17)21/h5,7,9,11,13-14,16H,4,6,8,10,12H2,1-3H3,(H,22,26)/t13-,14+,16+/m1/s1. The van der Waals surface area contributed by atoms with Crippen molar-refractivity contribution in [1.29, 1.82) is 0 Å². The number of rotatable bonds is 7. The summed E-state index contributed by atoms with van der Waals surface area (Å²) in [5, 5.41) is 12.9. The SMILES string of the molecule is C[C@H](Oc1ccccc1Cl)c1nnc(SCC(=O)N[C@H]2CCCC[C@H]2C)n1C. The highest BCUT2D eigenvalue weighted by Crippen LogP contribution is 2.29. The van der Waals surface area contributed by atoms with Gasteiger partial charge in [0.2, 0.25) is 5.91 Å². The van der Waals surface area contributed by atoms with Crippen LogP contribution < -0.4 is 10.1 Å². The second-order valence-corrected chi connectivity index (χ2v) is 8.66. The van der Waals surface area contributed by atoms with Crippen LogP contribution in [0.3, 0.4) is 0 Å². The molecule has 1 saturated carbocycles. The van der Waals surface area contributed by atoms with Crippen LogP contribution in [-0.4, -0.2) is 32.5 Å². The smallest absolute Gasteiger partial charge is 0.230 e. The Bertz CT molecular complexity index is 813. The van der Waals surface area contributed by atoms with E-state index in [-0.39, 0.29) is 12.0 Å². The lowest BCUT2D eigenvalue weighted by Crippen LogP contribution is -2.41. The van der Waals surface area contributed by atoms with Crippen LogP contribution in [0, 0.1) is 5.92 Å². The molecule has 1 amide bonds. The van der Waals surface area contributed by atoms with Gasteiger partial charge in [0.05, 0.1) is 10.8 Å². The molecule has 8 heteroatoms. The first-order chi connectivity index (χ1) is 13.5. The third-order valence-electron chi connectivity index (χ3n) is 5.16. The maximum atomic E-state index is 12.3. The number of nitrogens with zero attached hydrogens (tertiary/aromatic N) is 3. The molecule has 0 bridgehead atoms. The molecule has 0 aliphatic heterocycles. The van der Waals surface area contributed by atoms with Gasteiger partial charge in [0, 0.05) is 13.1 Å². The second-order valence-electron chi connectivity index (χ2n) is 7.31. The van der Waals surface area contributed by atoms with Crippen molar-refractivity contribution < 1.29 is 9.53 Å². The summed E-state index contributed by atoms with van der Waals surface area (Å²) < 4.78 is 7.78. The molecular weight excluding hydrogens is 396 g/mol. The molecule has 2 aromatic rings. The number of benzene rings is 1. The molecule has 1 heterocycles. The summed E-state index contributed by atoms with van der Waals surface area (Å²) in [5.41, 5.74) is 0. The van der Waals surface area contributed by atoms with E-state index in [0.29, 0.717) is 39.5 Å². The third-order valence-corrected chi connectivity index (χ3v) is 6.50. The van der Waals surface area contributed by atoms with Crippen LogP contribution in [0.15, 0.2) is 29.4 Å². The van der Waals surface area contributed by atoms with Crippen LogP contribution in [0.4, 0.5) is 0 Å². The van der Waals surface area contributed by atoms with Gasteiger partial charge >= 0.3 is 0 Å². The number of para-hydroxylation sites is 1. The number of aromatic nitrogens is 3. The fraction of sp³-hybridized carbons (Fsp3) is 0.550. The van der Waals surface area contributed by atoms with Gasteiger partial charge in [0.1, 0.15) is 5.75 Å². The molecule has 0 spiro atoms. The Hall–Kier alpha value is -1.73. The van der Waals surface area contributed by atoms with E-state index in [9.17, 15) is 4.79 Å². The molecule has 0 radical (unpaired) electrons. The summed E-state index contributed by atoms with van der Waals surface area (Å²) in [5.74, 6) is 2.22. The molecule has 1 aliphatic rings. The Morgan fingerprint density at radius 3 is 2.86 bits per heavy atom. The van der Waals surface area contributed by atoms with E-state index in [1.165, 1.54) is 31.0 Å². The van der Waals surface area contributed by atoms with Gasteiger partial charge in [-0.25, -0.2) is 0 Å². The van der Waals surface area contributed by atoms with E-state index >= 15 is 0 Å². The molecule has 0 saturated heterocycles. The normalized spacial score (nSPS) is 20.6. The van der Waals surface area contributed by atoms with Gasteiger partial charge in [0.25, 0.3) is 0 Å². The zero-order valence-electron chi connectivity index (χ0n) is 16.5. The van der Waals surface area contributed by atoms with Crippen molar-refractivity contribution in [2.75, 3.05) is 5.75 Å². The van der Waals surface area contributed by atoms with Crippen molar-refractivity contribution in [3.05, 3.63) is 35.1 Å². The molecular formula is C20H27ClN4O2S. The van der Waals surface area contributed by atoms with E-state index in [4.69, 9.17) is 16.3 Å². The maximum absolute atomic E-state index is 12.3. The summed E-state index contributed by atoms with van der Waals surface area (Å²) in [6, 6.07) is 7.63. The van der Waals surface area contributed by atoms with Crippen LogP contribution >= 0.6 is 23.4 Å². The molecule has 3 atom stereocenters. The van der Waals surface area contributed by atoms with Gasteiger partial charge < -0.3 is 14.6 Å². The van der Waals surface area contributed by atoms with Gasteiger partial charge in [-0.15, -0.1) is 10.2 Å². The number of hydrogen-bond acceptors (Lipinski definition) is 5. The molecule has 3 rings (SSSR count). The monoisotopic (exact) mass is 422 g/mol. The number of ether oxygens (including phenoxy) is 1. The highest BCUT2D eigenvalue weighted by atomic mass is 35.5. The van der Waals surface area contributed by atoms with Crippen molar-refractivity contribution in [2.45, 2.75) is 56.8 Å². The highest BCUT2D eigenvalue weighted by Gasteiger charge is 2.23. The average molecular weight is 423 g/mol. The summed E-state index contributed by atoms with van der Waals surface area (Å²) >= 11 is 7.55. The lowest BCUT2D eigenvalue weighted by Gasteiger charge is -2.29. The molecule has 1 aliphatic carbocycles. The minimum absolute atomic E-state index is 0.0497. The Balaban J connectivity index is 1.55. The van der Waals surface area contributed by atoms with E-state index in [2.05, 4.69) is 22.4 Å². The van der Waals surface area contributed by atoms with Gasteiger partial charge in [-0.2, -0.15) is 0 Å². The van der Waals surface area contributed by atoms with E-state index in [1.807, 2.05) is 36.7 Å². The van der Waals surface area contributed by atoms with Gasteiger partial charge in [0.15, 0.2) is 17.1 Å². The summed E-state index contributed by atoms with van der Waals surface area (Å²) in [6.45, 7) is 4.12. The van der Waals surface area contributed by atoms with Crippen LogP contribution in [-0.2, 0) is 11.8 Å². The first-order valence-electron chi connectivity index (χ1n) is 9.68. The minimum atomic E-state index is -0.316. The zero-order valence-corrected chi connectivity index (χ0v) is 18.1. The predicted molar refractivity (Wildman–Crippen MR) is 112 cm³/mol. The molecule has 1 N–H and O–H groups in total. The van der Waals surface area contributed by atoms with Crippen molar-refractivity contribution in [3.8, 4) is 5.75 Å². The number of thioether (sulfide) groups is 1. The quantitative estimate of drug-likeness (QED) is 0.670. The third kappa shape index (κ3) is 5.20. The highest BCUT2D eigenvalue weighted by molar-refractivity contribution is 7.99. The first-order valence-corrected chi connectivity index (χ1v) is 11.0. The Morgan fingerprint density at radius 1 is 1.36 bits per heavy atom. The molecule has 1 aromatic carbocycles. The molecule has 152 valence electrons. The molecule has 6 nitrogen and oxygen atoms in total. The fourth-order valence-corrected chi connectivity index (χ4v) is 4.41. The Morgan fingerprint density at radius 2 is 2.11 bits per heavy atom.